The molecule has 0 atom stereocenters. The fourth-order valence-electron chi connectivity index (χ4n) is 4.20. The lowest BCUT2D eigenvalue weighted by Gasteiger charge is -2.27. The Hall–Kier alpha value is -4.24. The number of urea groups is 1. The van der Waals surface area contributed by atoms with Crippen LogP contribution in [0.4, 0.5) is 10.5 Å². The minimum atomic E-state index is -0.795. The lowest BCUT2D eigenvalue weighted by molar-refractivity contribution is -0.135. The van der Waals surface area contributed by atoms with Gasteiger partial charge >= 0.3 is 6.03 Å². The fraction of sp³-hybridized carbons (Fsp3) is 0.200. The summed E-state index contributed by atoms with van der Waals surface area (Å²) < 4.78 is 7.13. The van der Waals surface area contributed by atoms with Gasteiger partial charge in [0.05, 0.1) is 18.9 Å². The molecular formula is C25H22N4O5. The van der Waals surface area contributed by atoms with E-state index in [2.05, 4.69) is 5.32 Å². The van der Waals surface area contributed by atoms with Gasteiger partial charge in [-0.3, -0.25) is 19.7 Å². The predicted molar refractivity (Wildman–Crippen MR) is 125 cm³/mol. The van der Waals surface area contributed by atoms with Crippen LogP contribution in [0.3, 0.4) is 0 Å². The number of amides is 5. The Morgan fingerprint density at radius 3 is 2.44 bits per heavy atom. The third-order valence-electron chi connectivity index (χ3n) is 5.90. The van der Waals surface area contributed by atoms with Crippen LogP contribution in [0.5, 0.6) is 0 Å². The number of carbonyl (C=O) groups is 4. The number of morpholine rings is 1. The van der Waals surface area contributed by atoms with Crippen molar-refractivity contribution in [3.8, 4) is 0 Å². The van der Waals surface area contributed by atoms with Crippen LogP contribution in [0, 0.1) is 0 Å². The topological polar surface area (TPSA) is 101 Å². The van der Waals surface area contributed by atoms with Crippen molar-refractivity contribution in [1.82, 2.24) is 14.8 Å². The van der Waals surface area contributed by atoms with Crippen LogP contribution in [-0.2, 0) is 25.7 Å². The average Bonchev–Trinajstić information content (AvgIpc) is 3.20. The summed E-state index contributed by atoms with van der Waals surface area (Å²) in [5.74, 6) is -1.50. The van der Waals surface area contributed by atoms with Gasteiger partial charge in [-0.25, -0.2) is 9.69 Å². The van der Waals surface area contributed by atoms with Crippen molar-refractivity contribution in [3.05, 3.63) is 71.9 Å². The number of carbonyl (C=O) groups excluding carboxylic acids is 4. The van der Waals surface area contributed by atoms with Gasteiger partial charge in [0.25, 0.3) is 11.8 Å². The Kier molecular flexibility index (Phi) is 5.69. The minimum absolute atomic E-state index is 0.0319. The second-order valence-corrected chi connectivity index (χ2v) is 8.02. The van der Waals surface area contributed by atoms with E-state index in [9.17, 15) is 19.2 Å². The molecule has 34 heavy (non-hydrogen) atoms. The van der Waals surface area contributed by atoms with Crippen molar-refractivity contribution in [2.75, 3.05) is 31.2 Å². The van der Waals surface area contributed by atoms with Crippen molar-refractivity contribution >= 4 is 46.4 Å². The Balaban J connectivity index is 1.50. The number of anilines is 1. The molecule has 5 rings (SSSR count). The van der Waals surface area contributed by atoms with Crippen LogP contribution < -0.4 is 10.2 Å². The summed E-state index contributed by atoms with van der Waals surface area (Å²) in [7, 11) is 0. The van der Waals surface area contributed by atoms with Gasteiger partial charge in [-0.1, -0.05) is 36.4 Å². The molecule has 0 spiro atoms. The lowest BCUT2D eigenvalue weighted by atomic mass is 10.1. The normalized spacial score (nSPS) is 18.0. The third kappa shape index (κ3) is 3.97. The van der Waals surface area contributed by atoms with Gasteiger partial charge in [-0.05, 0) is 24.3 Å². The molecule has 9 heteroatoms. The summed E-state index contributed by atoms with van der Waals surface area (Å²) in [6.07, 6.45) is 3.22. The molecule has 2 aliphatic heterocycles. The molecule has 0 unspecified atom stereocenters. The molecule has 2 aromatic carbocycles. The zero-order valence-electron chi connectivity index (χ0n) is 18.3. The Morgan fingerprint density at radius 1 is 0.971 bits per heavy atom. The number of nitrogens with zero attached hydrogens (tertiary/aromatic N) is 3. The fourth-order valence-corrected chi connectivity index (χ4v) is 4.20. The van der Waals surface area contributed by atoms with Crippen molar-refractivity contribution in [1.29, 1.82) is 0 Å². The molecule has 0 bridgehead atoms. The highest BCUT2D eigenvalue weighted by atomic mass is 16.5. The molecule has 2 fully saturated rings. The van der Waals surface area contributed by atoms with Gasteiger partial charge in [-0.2, -0.15) is 0 Å². The number of para-hydroxylation sites is 2. The Labute approximate surface area is 195 Å². The molecule has 3 heterocycles. The zero-order chi connectivity index (χ0) is 23.7. The van der Waals surface area contributed by atoms with E-state index in [0.29, 0.717) is 37.6 Å². The first-order valence-corrected chi connectivity index (χ1v) is 10.9. The highest BCUT2D eigenvalue weighted by molar-refractivity contribution is 6.39. The molecule has 3 aromatic rings. The van der Waals surface area contributed by atoms with Gasteiger partial charge in [-0.15, -0.1) is 0 Å². The second kappa shape index (κ2) is 8.95. The van der Waals surface area contributed by atoms with Crippen LogP contribution in [-0.4, -0.2) is 59.5 Å². The molecule has 0 aliphatic carbocycles. The molecule has 5 amide bonds. The molecule has 0 saturated carbocycles. The van der Waals surface area contributed by atoms with E-state index in [1.54, 1.807) is 41.4 Å². The summed E-state index contributed by atoms with van der Waals surface area (Å²) in [6.45, 7) is 2.26. The average molecular weight is 458 g/mol. The monoisotopic (exact) mass is 458 g/mol. The molecular weight excluding hydrogens is 436 g/mol. The summed E-state index contributed by atoms with van der Waals surface area (Å²) in [5.41, 5.74) is 1.61. The van der Waals surface area contributed by atoms with Gasteiger partial charge in [0.15, 0.2) is 0 Å². The summed E-state index contributed by atoms with van der Waals surface area (Å²) in [6, 6.07) is 15.1. The summed E-state index contributed by atoms with van der Waals surface area (Å²) in [4.78, 5) is 53.7. The molecule has 9 nitrogen and oxygen atoms in total. The van der Waals surface area contributed by atoms with E-state index >= 15 is 0 Å². The van der Waals surface area contributed by atoms with Crippen molar-refractivity contribution in [2.45, 2.75) is 6.54 Å². The SMILES string of the molecule is O=C1NC(=O)N(c2ccccc2)C(=O)/C1=C\c1cn(CC(=O)N2CCOCC2)c2ccccc12. The van der Waals surface area contributed by atoms with Crippen LogP contribution in [0.25, 0.3) is 17.0 Å². The van der Waals surface area contributed by atoms with Crippen molar-refractivity contribution in [2.24, 2.45) is 0 Å². The maximum Gasteiger partial charge on any atom is 0.335 e. The van der Waals surface area contributed by atoms with Gasteiger partial charge in [0.2, 0.25) is 5.91 Å². The number of aromatic nitrogens is 1. The third-order valence-corrected chi connectivity index (χ3v) is 5.90. The predicted octanol–water partition coefficient (Wildman–Crippen LogP) is 2.17. The number of hydrogen-bond acceptors (Lipinski definition) is 5. The number of hydrogen-bond donors (Lipinski definition) is 1. The summed E-state index contributed by atoms with van der Waals surface area (Å²) in [5, 5.41) is 3.02. The van der Waals surface area contributed by atoms with Crippen LogP contribution >= 0.6 is 0 Å². The Bertz CT molecular complexity index is 1320. The lowest BCUT2D eigenvalue weighted by Crippen LogP contribution is -2.54. The molecule has 0 radical (unpaired) electrons. The maximum atomic E-state index is 13.2. The van der Waals surface area contributed by atoms with Crippen LogP contribution in [0.2, 0.25) is 0 Å². The molecule has 172 valence electrons. The largest absolute Gasteiger partial charge is 0.378 e. The van der Waals surface area contributed by atoms with Crippen molar-refractivity contribution < 1.29 is 23.9 Å². The quantitative estimate of drug-likeness (QED) is 0.477. The number of benzene rings is 2. The van der Waals surface area contributed by atoms with Crippen molar-refractivity contribution in [3.63, 3.8) is 0 Å². The van der Waals surface area contributed by atoms with E-state index in [4.69, 9.17) is 4.74 Å². The van der Waals surface area contributed by atoms with E-state index in [1.165, 1.54) is 6.08 Å². The number of ether oxygens (including phenoxy) is 1. The smallest absolute Gasteiger partial charge is 0.335 e. The zero-order valence-corrected chi connectivity index (χ0v) is 18.3. The molecule has 2 aliphatic rings. The first-order valence-electron chi connectivity index (χ1n) is 10.9. The maximum absolute atomic E-state index is 13.2. The number of barbiturate groups is 1. The summed E-state index contributed by atoms with van der Waals surface area (Å²) >= 11 is 0. The molecule has 1 N–H and O–H groups in total. The number of nitrogens with one attached hydrogen (secondary N) is 1. The molecule has 1 aromatic heterocycles. The van der Waals surface area contributed by atoms with Gasteiger partial charge in [0, 0.05) is 35.8 Å². The standard InChI is InChI=1S/C25H22N4O5/c30-22(27-10-12-34-13-11-27)16-28-15-17(19-8-4-5-9-21(19)28)14-20-23(31)26-25(33)29(24(20)32)18-6-2-1-3-7-18/h1-9,14-15H,10-13,16H2,(H,26,31,33)/b20-14-. The highest BCUT2D eigenvalue weighted by Crippen LogP contribution is 2.26. The Morgan fingerprint density at radius 2 is 1.68 bits per heavy atom. The first-order chi connectivity index (χ1) is 16.5. The number of rotatable bonds is 4. The number of imide groups is 2. The highest BCUT2D eigenvalue weighted by Gasteiger charge is 2.37. The van der Waals surface area contributed by atoms with E-state index in [1.807, 2.05) is 28.8 Å². The first kappa shape index (κ1) is 21.6. The van der Waals surface area contributed by atoms with Crippen LogP contribution in [0.1, 0.15) is 5.56 Å². The van der Waals surface area contributed by atoms with Gasteiger partial charge < -0.3 is 14.2 Å². The van der Waals surface area contributed by atoms with E-state index in [0.717, 1.165) is 15.8 Å². The van der Waals surface area contributed by atoms with E-state index in [-0.39, 0.29) is 18.0 Å². The minimum Gasteiger partial charge on any atom is -0.378 e. The number of fused-ring (bicyclic) bond motifs is 1. The molecule has 2 saturated heterocycles. The van der Waals surface area contributed by atoms with E-state index < -0.39 is 17.8 Å². The van der Waals surface area contributed by atoms with Crippen LogP contribution in [0.15, 0.2) is 66.4 Å². The second-order valence-electron chi connectivity index (χ2n) is 8.02. The van der Waals surface area contributed by atoms with Gasteiger partial charge in [0.1, 0.15) is 12.1 Å².